The molecule has 0 saturated carbocycles. The Kier molecular flexibility index (Phi) is 2.79. The first-order chi connectivity index (χ1) is 8.31. The fraction of sp³-hybridized carbons (Fsp3) is 0.0769. The van der Waals surface area contributed by atoms with E-state index < -0.39 is 0 Å². The van der Waals surface area contributed by atoms with Crippen molar-refractivity contribution in [2.24, 2.45) is 0 Å². The van der Waals surface area contributed by atoms with E-state index in [1.165, 1.54) is 4.70 Å². The van der Waals surface area contributed by atoms with Gasteiger partial charge in [0.2, 0.25) is 0 Å². The van der Waals surface area contributed by atoms with Gasteiger partial charge in [0.05, 0.1) is 15.2 Å². The van der Waals surface area contributed by atoms with E-state index in [1.54, 1.807) is 17.4 Å². The second-order valence-corrected chi connectivity index (χ2v) is 5.21. The van der Waals surface area contributed by atoms with Crippen molar-refractivity contribution in [2.75, 3.05) is 0 Å². The first-order valence-corrected chi connectivity index (χ1v) is 6.46. The standard InChI is InChI=1S/C13H9ClN2S/c14-12-7-3-4-9(15-12)8-13-16-10-5-1-2-6-11(10)17-13/h1-7H,8H2. The maximum Gasteiger partial charge on any atom is 0.129 e. The van der Waals surface area contributed by atoms with Gasteiger partial charge in [-0.1, -0.05) is 29.8 Å². The molecule has 84 valence electrons. The van der Waals surface area contributed by atoms with Crippen LogP contribution in [0.15, 0.2) is 42.5 Å². The highest BCUT2D eigenvalue weighted by molar-refractivity contribution is 7.18. The zero-order valence-corrected chi connectivity index (χ0v) is 10.5. The maximum absolute atomic E-state index is 5.86. The molecule has 3 aromatic rings. The van der Waals surface area contributed by atoms with Crippen molar-refractivity contribution in [2.45, 2.75) is 6.42 Å². The summed E-state index contributed by atoms with van der Waals surface area (Å²) in [7, 11) is 0. The highest BCUT2D eigenvalue weighted by atomic mass is 35.5. The highest BCUT2D eigenvalue weighted by Gasteiger charge is 2.05. The summed E-state index contributed by atoms with van der Waals surface area (Å²) in [6.07, 6.45) is 0.736. The number of hydrogen-bond acceptors (Lipinski definition) is 3. The van der Waals surface area contributed by atoms with E-state index in [2.05, 4.69) is 16.0 Å². The number of fused-ring (bicyclic) bond motifs is 1. The van der Waals surface area contributed by atoms with E-state index in [0.717, 1.165) is 22.6 Å². The second kappa shape index (κ2) is 4.43. The predicted octanol–water partition coefficient (Wildman–Crippen LogP) is 3.94. The largest absolute Gasteiger partial charge is 0.241 e. The molecular weight excluding hydrogens is 252 g/mol. The third kappa shape index (κ3) is 2.30. The molecule has 17 heavy (non-hydrogen) atoms. The summed E-state index contributed by atoms with van der Waals surface area (Å²) in [5.74, 6) is 0. The fourth-order valence-electron chi connectivity index (χ4n) is 1.70. The minimum absolute atomic E-state index is 0.531. The second-order valence-electron chi connectivity index (χ2n) is 3.70. The molecule has 0 amide bonds. The molecule has 2 heterocycles. The van der Waals surface area contributed by atoms with Gasteiger partial charge in [-0.25, -0.2) is 9.97 Å². The number of rotatable bonds is 2. The average molecular weight is 261 g/mol. The normalized spacial score (nSPS) is 10.9. The minimum Gasteiger partial charge on any atom is -0.241 e. The van der Waals surface area contributed by atoms with Gasteiger partial charge in [-0.2, -0.15) is 0 Å². The number of thiazole rings is 1. The Hall–Kier alpha value is -1.45. The van der Waals surface area contributed by atoms with E-state index in [-0.39, 0.29) is 0 Å². The van der Waals surface area contributed by atoms with Crippen molar-refractivity contribution in [3.8, 4) is 0 Å². The Morgan fingerprint density at radius 1 is 1.00 bits per heavy atom. The molecule has 0 spiro atoms. The SMILES string of the molecule is Clc1cccc(Cc2nc3ccccc3s2)n1. The summed E-state index contributed by atoms with van der Waals surface area (Å²) in [6.45, 7) is 0. The van der Waals surface area contributed by atoms with E-state index in [9.17, 15) is 0 Å². The Labute approximate surface area is 108 Å². The summed E-state index contributed by atoms with van der Waals surface area (Å²) in [4.78, 5) is 8.84. The first-order valence-electron chi connectivity index (χ1n) is 5.27. The monoisotopic (exact) mass is 260 g/mol. The quantitative estimate of drug-likeness (QED) is 0.653. The van der Waals surface area contributed by atoms with Crippen LogP contribution < -0.4 is 0 Å². The zero-order chi connectivity index (χ0) is 11.7. The minimum atomic E-state index is 0.531. The number of benzene rings is 1. The fourth-order valence-corrected chi connectivity index (χ4v) is 2.86. The lowest BCUT2D eigenvalue weighted by Crippen LogP contribution is -1.90. The van der Waals surface area contributed by atoms with E-state index >= 15 is 0 Å². The molecule has 2 aromatic heterocycles. The van der Waals surface area contributed by atoms with Crippen LogP contribution in [0.25, 0.3) is 10.2 Å². The van der Waals surface area contributed by atoms with Crippen molar-refractivity contribution in [1.82, 2.24) is 9.97 Å². The molecule has 0 atom stereocenters. The molecule has 4 heteroatoms. The van der Waals surface area contributed by atoms with Gasteiger partial charge < -0.3 is 0 Å². The Bertz CT molecular complexity index is 630. The van der Waals surface area contributed by atoms with Crippen molar-refractivity contribution in [1.29, 1.82) is 0 Å². The molecule has 0 saturated heterocycles. The number of halogens is 1. The molecule has 1 aromatic carbocycles. The summed E-state index contributed by atoms with van der Waals surface area (Å²) in [6, 6.07) is 13.8. The topological polar surface area (TPSA) is 25.8 Å². The first kappa shape index (κ1) is 10.7. The molecule has 0 unspecified atom stereocenters. The van der Waals surface area contributed by atoms with Crippen LogP contribution >= 0.6 is 22.9 Å². The Morgan fingerprint density at radius 2 is 1.88 bits per heavy atom. The van der Waals surface area contributed by atoms with E-state index in [0.29, 0.717) is 5.15 Å². The van der Waals surface area contributed by atoms with Crippen LogP contribution in [0.2, 0.25) is 5.15 Å². The van der Waals surface area contributed by atoms with Gasteiger partial charge in [-0.15, -0.1) is 11.3 Å². The molecular formula is C13H9ClN2S. The predicted molar refractivity (Wildman–Crippen MR) is 71.7 cm³/mol. The Morgan fingerprint density at radius 3 is 2.71 bits per heavy atom. The van der Waals surface area contributed by atoms with Gasteiger partial charge in [-0.3, -0.25) is 0 Å². The van der Waals surface area contributed by atoms with Gasteiger partial charge in [0.15, 0.2) is 0 Å². The molecule has 0 bridgehead atoms. The summed E-state index contributed by atoms with van der Waals surface area (Å²) >= 11 is 7.57. The van der Waals surface area contributed by atoms with Crippen molar-refractivity contribution in [3.63, 3.8) is 0 Å². The van der Waals surface area contributed by atoms with E-state index in [1.807, 2.05) is 30.3 Å². The van der Waals surface area contributed by atoms with Crippen molar-refractivity contribution < 1.29 is 0 Å². The lowest BCUT2D eigenvalue weighted by molar-refractivity contribution is 1.06. The third-order valence-electron chi connectivity index (χ3n) is 2.44. The summed E-state index contributed by atoms with van der Waals surface area (Å²) < 4.78 is 1.21. The van der Waals surface area contributed by atoms with Crippen LogP contribution in [-0.4, -0.2) is 9.97 Å². The summed E-state index contributed by atoms with van der Waals surface area (Å²) in [5.41, 5.74) is 2.01. The molecule has 0 aliphatic rings. The van der Waals surface area contributed by atoms with Gasteiger partial charge in [0, 0.05) is 12.1 Å². The smallest absolute Gasteiger partial charge is 0.129 e. The zero-order valence-electron chi connectivity index (χ0n) is 8.93. The van der Waals surface area contributed by atoms with Gasteiger partial charge >= 0.3 is 0 Å². The molecule has 0 aliphatic carbocycles. The number of pyridine rings is 1. The van der Waals surface area contributed by atoms with Crippen molar-refractivity contribution in [3.05, 3.63) is 58.3 Å². The van der Waals surface area contributed by atoms with E-state index in [4.69, 9.17) is 11.6 Å². The average Bonchev–Trinajstić information content (AvgIpc) is 2.71. The summed E-state index contributed by atoms with van der Waals surface area (Å²) in [5, 5.41) is 1.60. The van der Waals surface area contributed by atoms with Crippen LogP contribution in [0.4, 0.5) is 0 Å². The number of nitrogens with zero attached hydrogens (tertiary/aromatic N) is 2. The van der Waals surface area contributed by atoms with Gasteiger partial charge in [-0.05, 0) is 24.3 Å². The van der Waals surface area contributed by atoms with Crippen LogP contribution in [0.1, 0.15) is 10.7 Å². The van der Waals surface area contributed by atoms with Crippen LogP contribution in [0.3, 0.4) is 0 Å². The Balaban J connectivity index is 1.94. The maximum atomic E-state index is 5.86. The molecule has 3 rings (SSSR count). The van der Waals surface area contributed by atoms with Gasteiger partial charge in [0.1, 0.15) is 5.15 Å². The van der Waals surface area contributed by atoms with Crippen LogP contribution in [-0.2, 0) is 6.42 Å². The number of para-hydroxylation sites is 1. The van der Waals surface area contributed by atoms with Crippen LogP contribution in [0, 0.1) is 0 Å². The molecule has 0 aliphatic heterocycles. The number of hydrogen-bond donors (Lipinski definition) is 0. The van der Waals surface area contributed by atoms with Gasteiger partial charge in [0.25, 0.3) is 0 Å². The highest BCUT2D eigenvalue weighted by Crippen LogP contribution is 2.23. The molecule has 0 N–H and O–H groups in total. The van der Waals surface area contributed by atoms with Crippen LogP contribution in [0.5, 0.6) is 0 Å². The number of aromatic nitrogens is 2. The molecule has 0 fully saturated rings. The lowest BCUT2D eigenvalue weighted by atomic mass is 10.3. The molecule has 0 radical (unpaired) electrons. The molecule has 2 nitrogen and oxygen atoms in total. The lowest BCUT2D eigenvalue weighted by Gasteiger charge is -1.96. The van der Waals surface area contributed by atoms with Crippen molar-refractivity contribution >= 4 is 33.2 Å². The third-order valence-corrected chi connectivity index (χ3v) is 3.69.